The summed E-state index contributed by atoms with van der Waals surface area (Å²) in [4.78, 5) is 21.9. The van der Waals surface area contributed by atoms with E-state index in [1.54, 1.807) is 25.1 Å². The molecule has 0 bridgehead atoms. The minimum Gasteiger partial charge on any atom is -0.385 e. The van der Waals surface area contributed by atoms with Crippen LogP contribution >= 0.6 is 15.9 Å². The van der Waals surface area contributed by atoms with Crippen LogP contribution in [0.15, 0.2) is 33.7 Å². The van der Waals surface area contributed by atoms with Gasteiger partial charge < -0.3 is 10.3 Å². The number of nitrogen functional groups attached to an aromatic ring is 1. The molecule has 1 aromatic carbocycles. The van der Waals surface area contributed by atoms with Crippen LogP contribution in [0.3, 0.4) is 0 Å². The van der Waals surface area contributed by atoms with Crippen molar-refractivity contribution in [3.05, 3.63) is 51.2 Å². The van der Waals surface area contributed by atoms with Gasteiger partial charge in [0.1, 0.15) is 11.6 Å². The highest BCUT2D eigenvalue weighted by molar-refractivity contribution is 9.10. The molecule has 2 heterocycles. The van der Waals surface area contributed by atoms with Crippen molar-refractivity contribution in [2.45, 2.75) is 26.3 Å². The molecule has 0 radical (unpaired) electrons. The highest BCUT2D eigenvalue weighted by Crippen LogP contribution is 2.24. The number of benzene rings is 1. The number of carbonyl (C=O) groups is 1. The van der Waals surface area contributed by atoms with Crippen LogP contribution in [0.4, 0.5) is 15.9 Å². The van der Waals surface area contributed by atoms with E-state index < -0.39 is 11.7 Å². The van der Waals surface area contributed by atoms with E-state index in [2.05, 4.69) is 26.4 Å². The predicted molar refractivity (Wildman–Crippen MR) is 95.6 cm³/mol. The summed E-state index contributed by atoms with van der Waals surface area (Å²) >= 11 is 3.21. The number of aromatic nitrogens is 1. The topological polar surface area (TPSA) is 81.6 Å². The quantitative estimate of drug-likeness (QED) is 0.763. The van der Waals surface area contributed by atoms with Gasteiger partial charge in [0.05, 0.1) is 23.2 Å². The lowest BCUT2D eigenvalue weighted by atomic mass is 10.1. The molecule has 0 spiro atoms. The van der Waals surface area contributed by atoms with Gasteiger partial charge in [0.25, 0.3) is 5.91 Å². The normalized spacial score (nSPS) is 13.8. The van der Waals surface area contributed by atoms with Crippen molar-refractivity contribution in [3.8, 4) is 0 Å². The highest BCUT2D eigenvalue weighted by Gasteiger charge is 2.23. The van der Waals surface area contributed by atoms with Gasteiger partial charge in [0.15, 0.2) is 0 Å². The van der Waals surface area contributed by atoms with E-state index in [1.165, 1.54) is 6.07 Å². The Morgan fingerprint density at radius 1 is 1.48 bits per heavy atom. The average molecular weight is 409 g/mol. The molecule has 1 aliphatic heterocycles. The molecule has 25 heavy (non-hydrogen) atoms. The van der Waals surface area contributed by atoms with Crippen LogP contribution in [0.5, 0.6) is 0 Å². The van der Waals surface area contributed by atoms with Crippen molar-refractivity contribution in [2.75, 3.05) is 12.3 Å². The number of anilines is 1. The molecule has 1 amide bonds. The lowest BCUT2D eigenvalue weighted by Gasteiger charge is -2.14. The van der Waals surface area contributed by atoms with Gasteiger partial charge >= 0.3 is 0 Å². The molecule has 0 saturated carbocycles. The largest absolute Gasteiger partial charge is 0.385 e. The number of hydroxylamine groups is 1. The summed E-state index contributed by atoms with van der Waals surface area (Å²) in [5.41, 5.74) is 9.77. The summed E-state index contributed by atoms with van der Waals surface area (Å²) in [6, 6.07) is 6.15. The maximum absolute atomic E-state index is 14.2. The maximum atomic E-state index is 14.2. The number of nitrogens with two attached hydrogens (primary N) is 1. The van der Waals surface area contributed by atoms with Crippen LogP contribution in [-0.4, -0.2) is 17.1 Å². The second-order valence-corrected chi connectivity index (χ2v) is 6.52. The zero-order valence-corrected chi connectivity index (χ0v) is 15.3. The minimum absolute atomic E-state index is 0.135. The Bertz CT molecular complexity index is 895. The number of pyridine rings is 1. The van der Waals surface area contributed by atoms with Gasteiger partial charge in [-0.3, -0.25) is 9.63 Å². The molecule has 3 N–H and O–H groups in total. The lowest BCUT2D eigenvalue weighted by Crippen LogP contribution is -2.32. The second kappa shape index (κ2) is 7.37. The number of hydrogen-bond donors (Lipinski definition) is 2. The molecular formula is C17H18BrFN4O2. The van der Waals surface area contributed by atoms with Crippen LogP contribution in [0, 0.1) is 5.82 Å². The van der Waals surface area contributed by atoms with Gasteiger partial charge in [-0.05, 0) is 38.0 Å². The Morgan fingerprint density at radius 3 is 3.00 bits per heavy atom. The monoisotopic (exact) mass is 408 g/mol. The number of nitrogens with zero attached hydrogens (tertiary/aromatic N) is 2. The van der Waals surface area contributed by atoms with Gasteiger partial charge in [0, 0.05) is 22.8 Å². The first-order valence-electron chi connectivity index (χ1n) is 7.95. The van der Waals surface area contributed by atoms with Crippen molar-refractivity contribution in [1.82, 2.24) is 10.0 Å². The maximum Gasteiger partial charge on any atom is 0.278 e. The summed E-state index contributed by atoms with van der Waals surface area (Å²) in [6.07, 6.45) is 1.58. The van der Waals surface area contributed by atoms with E-state index in [9.17, 15) is 9.18 Å². The summed E-state index contributed by atoms with van der Waals surface area (Å²) in [6.45, 7) is 2.85. The third-order valence-corrected chi connectivity index (χ3v) is 4.44. The number of amides is 1. The van der Waals surface area contributed by atoms with Crippen LogP contribution < -0.4 is 16.6 Å². The zero-order valence-electron chi connectivity index (χ0n) is 13.7. The molecule has 1 aliphatic rings. The molecule has 6 nitrogen and oxygen atoms in total. The number of nitrogens with one attached hydrogen (secondary N) is 1. The number of carbonyl (C=O) groups excluding carboxylic acids is 1. The van der Waals surface area contributed by atoms with E-state index in [0.717, 1.165) is 18.7 Å². The van der Waals surface area contributed by atoms with Gasteiger partial charge in [-0.2, -0.15) is 0 Å². The van der Waals surface area contributed by atoms with E-state index in [4.69, 9.17) is 10.6 Å². The predicted octanol–water partition coefficient (Wildman–Crippen LogP) is 2.83. The van der Waals surface area contributed by atoms with E-state index in [-0.39, 0.29) is 5.69 Å². The number of rotatable bonds is 4. The Labute approximate surface area is 152 Å². The first kappa shape index (κ1) is 17.6. The van der Waals surface area contributed by atoms with Gasteiger partial charge in [-0.25, -0.2) is 14.9 Å². The molecule has 8 heteroatoms. The molecule has 1 aromatic heterocycles. The average Bonchev–Trinajstić information content (AvgIpc) is 3.05. The van der Waals surface area contributed by atoms with Crippen molar-refractivity contribution in [1.29, 1.82) is 0 Å². The number of fused-ring (bicyclic) bond motifs is 1. The Kier molecular flexibility index (Phi) is 5.19. The van der Waals surface area contributed by atoms with Crippen molar-refractivity contribution < 1.29 is 14.0 Å². The molecule has 3 rings (SSSR count). The first-order chi connectivity index (χ1) is 12.0. The molecule has 0 saturated heterocycles. The van der Waals surface area contributed by atoms with Crippen molar-refractivity contribution >= 4 is 33.3 Å². The fourth-order valence-electron chi connectivity index (χ4n) is 2.88. The van der Waals surface area contributed by atoms with E-state index in [0.29, 0.717) is 34.2 Å². The second-order valence-electron chi connectivity index (χ2n) is 5.60. The van der Waals surface area contributed by atoms with Crippen LogP contribution in [0.1, 0.15) is 29.4 Å². The summed E-state index contributed by atoms with van der Waals surface area (Å²) in [7, 11) is 0. The van der Waals surface area contributed by atoms with E-state index >= 15 is 0 Å². The van der Waals surface area contributed by atoms with Crippen molar-refractivity contribution in [2.24, 2.45) is 4.99 Å². The summed E-state index contributed by atoms with van der Waals surface area (Å²) in [5, 5.41) is 0.323. The van der Waals surface area contributed by atoms with Crippen LogP contribution in [-0.2, 0) is 17.8 Å². The molecule has 2 aromatic rings. The molecule has 0 atom stereocenters. The minimum atomic E-state index is -0.489. The Morgan fingerprint density at radius 2 is 2.28 bits per heavy atom. The van der Waals surface area contributed by atoms with E-state index in [1.807, 2.05) is 4.57 Å². The molecular weight excluding hydrogens is 391 g/mol. The molecule has 0 aliphatic carbocycles. The Balaban J connectivity index is 2.20. The first-order valence-corrected chi connectivity index (χ1v) is 8.74. The molecule has 0 fully saturated rings. The van der Waals surface area contributed by atoms with Crippen LogP contribution in [0.25, 0.3) is 0 Å². The Hall–Kier alpha value is -2.19. The van der Waals surface area contributed by atoms with Crippen LogP contribution in [0.2, 0.25) is 0 Å². The zero-order chi connectivity index (χ0) is 18.0. The van der Waals surface area contributed by atoms with Gasteiger partial charge in [-0.1, -0.05) is 15.9 Å². The van der Waals surface area contributed by atoms with Gasteiger partial charge in [0.2, 0.25) is 0 Å². The number of halogens is 2. The fourth-order valence-corrected chi connectivity index (χ4v) is 3.22. The summed E-state index contributed by atoms with van der Waals surface area (Å²) in [5.74, 6) is -0.405. The third kappa shape index (κ3) is 3.59. The molecule has 0 unspecified atom stereocenters. The highest BCUT2D eigenvalue weighted by atomic mass is 79.9. The standard InChI is InChI=1S/C17H18BrFN4O2/c1-2-25-22-17(24)16-13(9-15(20)23-7-3-4-14(16)23)21-12-6-5-10(18)8-11(12)19/h5-6,8-9H,2-4,7,20H2,1H3,(H,22,24). The fraction of sp³-hybridized carbons (Fsp3) is 0.294. The molecule has 132 valence electrons. The summed E-state index contributed by atoms with van der Waals surface area (Å²) < 4.78 is 16.7. The van der Waals surface area contributed by atoms with Gasteiger partial charge in [-0.15, -0.1) is 0 Å². The lowest BCUT2D eigenvalue weighted by molar-refractivity contribution is 0.0362. The smallest absolute Gasteiger partial charge is 0.278 e. The number of hydrogen-bond acceptors (Lipinski definition) is 4. The SMILES string of the molecule is CCONC(=O)c1c2n(c(N)cc1=Nc1ccc(Br)cc1F)CCC2. The van der Waals surface area contributed by atoms with Crippen molar-refractivity contribution in [3.63, 3.8) is 0 Å². The third-order valence-electron chi connectivity index (χ3n) is 3.95.